The van der Waals surface area contributed by atoms with Gasteiger partial charge in [-0.15, -0.1) is 0 Å². The van der Waals surface area contributed by atoms with Crippen LogP contribution in [0.3, 0.4) is 0 Å². The van der Waals surface area contributed by atoms with E-state index < -0.39 is 11.7 Å². The lowest BCUT2D eigenvalue weighted by Crippen LogP contribution is -2.39. The highest BCUT2D eigenvalue weighted by Crippen LogP contribution is 2.31. The predicted molar refractivity (Wildman–Crippen MR) is 91.9 cm³/mol. The zero-order chi connectivity index (χ0) is 17.1. The molecule has 0 radical (unpaired) electrons. The summed E-state index contributed by atoms with van der Waals surface area (Å²) in [5.74, 6) is 0.732. The molecule has 0 spiro atoms. The van der Waals surface area contributed by atoms with Crippen LogP contribution in [0.1, 0.15) is 59.2 Å². The highest BCUT2D eigenvalue weighted by molar-refractivity contribution is 6.42. The Bertz CT molecular complexity index is 730. The Morgan fingerprint density at radius 1 is 1.00 bits per heavy atom. The van der Waals surface area contributed by atoms with Gasteiger partial charge in [0.2, 0.25) is 5.78 Å². The molecule has 2 heterocycles. The van der Waals surface area contributed by atoms with Crippen LogP contribution in [-0.4, -0.2) is 23.1 Å². The number of hydrogen-bond donors (Lipinski definition) is 0. The molecule has 1 saturated heterocycles. The third kappa shape index (κ3) is 3.42. The monoisotopic (exact) mass is 325 g/mol. The van der Waals surface area contributed by atoms with Gasteiger partial charge in [0, 0.05) is 12.1 Å². The molecule has 0 N–H and O–H groups in total. The first-order valence-electron chi connectivity index (χ1n) is 8.54. The molecule has 0 aliphatic carbocycles. The zero-order valence-corrected chi connectivity index (χ0v) is 14.2. The van der Waals surface area contributed by atoms with Crippen molar-refractivity contribution in [2.75, 3.05) is 6.54 Å². The van der Waals surface area contributed by atoms with Gasteiger partial charge in [0.25, 0.3) is 5.91 Å². The maximum Gasteiger partial charge on any atom is 0.295 e. The van der Waals surface area contributed by atoms with Crippen molar-refractivity contribution in [1.29, 1.82) is 0 Å². The summed E-state index contributed by atoms with van der Waals surface area (Å²) < 4.78 is 5.75. The summed E-state index contributed by atoms with van der Waals surface area (Å²) in [7, 11) is 0. The topological polar surface area (TPSA) is 50.5 Å². The minimum atomic E-state index is -0.440. The van der Waals surface area contributed by atoms with Crippen molar-refractivity contribution < 1.29 is 14.0 Å². The normalized spacial score (nSPS) is 18.2. The van der Waals surface area contributed by atoms with Crippen LogP contribution in [0.25, 0.3) is 0 Å². The van der Waals surface area contributed by atoms with E-state index in [4.69, 9.17) is 4.42 Å². The second-order valence-electron chi connectivity index (χ2n) is 6.51. The van der Waals surface area contributed by atoms with E-state index in [-0.39, 0.29) is 6.04 Å². The molecule has 1 aromatic carbocycles. The highest BCUT2D eigenvalue weighted by Gasteiger charge is 2.32. The molecule has 126 valence electrons. The molecular weight excluding hydrogens is 302 g/mol. The number of rotatable bonds is 3. The van der Waals surface area contributed by atoms with Crippen LogP contribution in [-0.2, 0) is 4.79 Å². The molecule has 1 atom stereocenters. The van der Waals surface area contributed by atoms with Crippen molar-refractivity contribution in [2.45, 2.75) is 45.6 Å². The van der Waals surface area contributed by atoms with E-state index in [1.165, 1.54) is 0 Å². The molecule has 3 rings (SSSR count). The molecule has 24 heavy (non-hydrogen) atoms. The lowest BCUT2D eigenvalue weighted by atomic mass is 10.0. The van der Waals surface area contributed by atoms with E-state index in [9.17, 15) is 9.59 Å². The number of amides is 1. The molecule has 1 amide bonds. The van der Waals surface area contributed by atoms with Crippen LogP contribution < -0.4 is 0 Å². The van der Waals surface area contributed by atoms with Gasteiger partial charge in [-0.2, -0.15) is 0 Å². The number of aryl methyl sites for hydroxylation is 2. The number of carbonyl (C=O) groups excluding carboxylic acids is 2. The molecule has 0 saturated carbocycles. The first-order valence-corrected chi connectivity index (χ1v) is 8.54. The maximum absolute atomic E-state index is 12.9. The molecule has 0 bridgehead atoms. The van der Waals surface area contributed by atoms with Gasteiger partial charge in [-0.1, -0.05) is 42.7 Å². The molecular formula is C20H23NO3. The van der Waals surface area contributed by atoms with Gasteiger partial charge in [-0.25, -0.2) is 0 Å². The summed E-state index contributed by atoms with van der Waals surface area (Å²) in [5.41, 5.74) is 1.52. The van der Waals surface area contributed by atoms with Crippen LogP contribution in [0.4, 0.5) is 0 Å². The molecule has 1 aliphatic rings. The van der Waals surface area contributed by atoms with Gasteiger partial charge in [-0.05, 0) is 38.8 Å². The Kier molecular flexibility index (Phi) is 4.84. The van der Waals surface area contributed by atoms with E-state index >= 15 is 0 Å². The first kappa shape index (κ1) is 16.5. The van der Waals surface area contributed by atoms with Gasteiger partial charge >= 0.3 is 0 Å². The quantitative estimate of drug-likeness (QED) is 0.627. The fourth-order valence-electron chi connectivity index (χ4n) is 3.24. The average Bonchev–Trinajstić information content (AvgIpc) is 2.86. The Morgan fingerprint density at radius 2 is 1.75 bits per heavy atom. The van der Waals surface area contributed by atoms with Gasteiger partial charge in [-0.3, -0.25) is 9.59 Å². The number of hydrogen-bond acceptors (Lipinski definition) is 3. The van der Waals surface area contributed by atoms with Crippen molar-refractivity contribution >= 4 is 11.7 Å². The number of furan rings is 1. The zero-order valence-electron chi connectivity index (χ0n) is 14.2. The van der Waals surface area contributed by atoms with E-state index in [2.05, 4.69) is 0 Å². The van der Waals surface area contributed by atoms with Crippen molar-refractivity contribution in [2.24, 2.45) is 0 Å². The minimum Gasteiger partial charge on any atom is -0.464 e. The van der Waals surface area contributed by atoms with Crippen LogP contribution in [0.5, 0.6) is 0 Å². The van der Waals surface area contributed by atoms with E-state index in [0.29, 0.717) is 12.1 Å². The lowest BCUT2D eigenvalue weighted by Gasteiger charge is -2.28. The number of Topliss-reactive ketones (excluding diaryl/α,β-unsaturated/α-hetero) is 1. The van der Waals surface area contributed by atoms with E-state index in [1.54, 1.807) is 17.0 Å². The van der Waals surface area contributed by atoms with Crippen LogP contribution in [0.15, 0.2) is 40.8 Å². The summed E-state index contributed by atoms with van der Waals surface area (Å²) in [4.78, 5) is 27.2. The van der Waals surface area contributed by atoms with Gasteiger partial charge in [0.05, 0.1) is 6.04 Å². The van der Waals surface area contributed by atoms with Crippen LogP contribution in [0.2, 0.25) is 0 Å². The maximum atomic E-state index is 12.9. The molecule has 2 aromatic rings. The Morgan fingerprint density at radius 3 is 2.42 bits per heavy atom. The number of likely N-dealkylation sites (tertiary alicyclic amines) is 1. The van der Waals surface area contributed by atoms with Crippen molar-refractivity contribution in [1.82, 2.24) is 4.90 Å². The second-order valence-corrected chi connectivity index (χ2v) is 6.51. The van der Waals surface area contributed by atoms with Gasteiger partial charge in [0.1, 0.15) is 11.5 Å². The largest absolute Gasteiger partial charge is 0.464 e. The number of carbonyl (C=O) groups is 2. The SMILES string of the molecule is Cc1ccc(C(=O)C(=O)N2CCCCC[C@H]2c2ccc(C)o2)cc1. The van der Waals surface area contributed by atoms with Gasteiger partial charge < -0.3 is 9.32 Å². The summed E-state index contributed by atoms with van der Waals surface area (Å²) in [6, 6.07) is 10.8. The Hall–Kier alpha value is -2.36. The van der Waals surface area contributed by atoms with Crippen molar-refractivity contribution in [3.05, 3.63) is 59.0 Å². The molecule has 0 unspecified atom stereocenters. The summed E-state index contributed by atoms with van der Waals surface area (Å²) in [5, 5.41) is 0. The predicted octanol–water partition coefficient (Wildman–Crippen LogP) is 4.22. The van der Waals surface area contributed by atoms with Crippen molar-refractivity contribution in [3.8, 4) is 0 Å². The Balaban J connectivity index is 1.86. The number of nitrogens with zero attached hydrogens (tertiary/aromatic N) is 1. The summed E-state index contributed by atoms with van der Waals surface area (Å²) >= 11 is 0. The number of ketones is 1. The molecule has 4 nitrogen and oxygen atoms in total. The second kappa shape index (κ2) is 7.04. The standard InChI is InChI=1S/C20H23NO3/c1-14-7-10-16(11-8-14)19(22)20(23)21-13-5-3-4-6-17(21)18-12-9-15(2)24-18/h7-12,17H,3-6,13H2,1-2H3/t17-/m0/s1. The lowest BCUT2D eigenvalue weighted by molar-refractivity contribution is -0.129. The van der Waals surface area contributed by atoms with E-state index in [0.717, 1.165) is 42.8 Å². The minimum absolute atomic E-state index is 0.150. The Labute approximate surface area is 142 Å². The average molecular weight is 325 g/mol. The molecule has 1 aromatic heterocycles. The van der Waals surface area contributed by atoms with Crippen LogP contribution >= 0.6 is 0 Å². The summed E-state index contributed by atoms with van der Waals surface area (Å²) in [6.07, 6.45) is 3.86. The highest BCUT2D eigenvalue weighted by atomic mass is 16.3. The smallest absolute Gasteiger partial charge is 0.295 e. The van der Waals surface area contributed by atoms with Gasteiger partial charge in [0.15, 0.2) is 0 Å². The molecule has 4 heteroatoms. The third-order valence-corrected chi connectivity index (χ3v) is 4.61. The third-order valence-electron chi connectivity index (χ3n) is 4.61. The molecule has 1 aliphatic heterocycles. The van der Waals surface area contributed by atoms with Crippen LogP contribution in [0, 0.1) is 13.8 Å². The fraction of sp³-hybridized carbons (Fsp3) is 0.400. The fourth-order valence-corrected chi connectivity index (χ4v) is 3.24. The van der Waals surface area contributed by atoms with Crippen molar-refractivity contribution in [3.63, 3.8) is 0 Å². The number of benzene rings is 1. The van der Waals surface area contributed by atoms with E-state index in [1.807, 2.05) is 38.1 Å². The molecule has 1 fully saturated rings. The summed E-state index contributed by atoms with van der Waals surface area (Å²) in [6.45, 7) is 4.45. The first-order chi connectivity index (χ1) is 11.6.